The summed E-state index contributed by atoms with van der Waals surface area (Å²) in [5.74, 6) is 0. The van der Waals surface area contributed by atoms with Gasteiger partial charge in [0.2, 0.25) is 0 Å². The zero-order valence-electron chi connectivity index (χ0n) is 22.0. The molecule has 5 rings (SSSR count). The zero-order valence-corrected chi connectivity index (χ0v) is 21.4. The summed E-state index contributed by atoms with van der Waals surface area (Å²) < 4.78 is 21.7. The van der Waals surface area contributed by atoms with Gasteiger partial charge in [0.1, 0.15) is 0 Å². The van der Waals surface area contributed by atoms with Crippen LogP contribution in [-0.2, 0) is 20.1 Å². The van der Waals surface area contributed by atoms with Crippen LogP contribution >= 0.6 is 0 Å². The Morgan fingerprint density at radius 3 is 2.06 bits per heavy atom. The van der Waals surface area contributed by atoms with E-state index in [0.29, 0.717) is 0 Å². The van der Waals surface area contributed by atoms with Crippen LogP contribution in [0.5, 0.6) is 0 Å². The first-order chi connectivity index (χ1) is 17.3. The molecule has 0 N–H and O–H groups in total. The normalized spacial score (nSPS) is 11.6. The molecule has 0 aliphatic heterocycles. The first-order valence-electron chi connectivity index (χ1n) is 12.3. The maximum absolute atomic E-state index is 7.23. The average molecular weight is 622 g/mol. The summed E-state index contributed by atoms with van der Waals surface area (Å²) in [6, 6.07) is 35.8. The standard InChI is InChI=1S/C19H16N.C12H10N.Ir/c1-14-12-19(20-13-15(14)2)18-10-8-17(9-11-18)16-6-4-3-5-7-16;1-10-7-8-12(13-9-10)11-5-3-2-4-6-11;/h3-10,12-13H,1-2H3;2-5,7-9H,1H3;/q2*-1;/i;1D3;. The summed E-state index contributed by atoms with van der Waals surface area (Å²) in [4.78, 5) is 8.60. The Bertz CT molecular complexity index is 1400. The number of hydrogen-bond donors (Lipinski definition) is 0. The van der Waals surface area contributed by atoms with Crippen molar-refractivity contribution in [3.63, 3.8) is 0 Å². The van der Waals surface area contributed by atoms with Crippen LogP contribution in [0.4, 0.5) is 0 Å². The molecule has 5 aromatic rings. The second-order valence-corrected chi connectivity index (χ2v) is 7.72. The Labute approximate surface area is 220 Å². The molecule has 0 aliphatic rings. The number of aryl methyl sites for hydroxylation is 3. The van der Waals surface area contributed by atoms with E-state index in [2.05, 4.69) is 66.3 Å². The Morgan fingerprint density at radius 1 is 0.676 bits per heavy atom. The molecule has 0 saturated heterocycles. The minimum Gasteiger partial charge on any atom is -0.304 e. The van der Waals surface area contributed by atoms with Gasteiger partial charge < -0.3 is 9.97 Å². The number of aromatic nitrogens is 2. The molecule has 0 amide bonds. The van der Waals surface area contributed by atoms with Crippen LogP contribution in [0.15, 0.2) is 103 Å². The van der Waals surface area contributed by atoms with Crippen molar-refractivity contribution in [2.24, 2.45) is 0 Å². The molecule has 171 valence electrons. The van der Waals surface area contributed by atoms with E-state index in [1.54, 1.807) is 18.2 Å². The van der Waals surface area contributed by atoms with Gasteiger partial charge in [-0.1, -0.05) is 65.2 Å². The molecule has 3 heteroatoms. The van der Waals surface area contributed by atoms with Crippen molar-refractivity contribution in [3.8, 4) is 33.6 Å². The van der Waals surface area contributed by atoms with Gasteiger partial charge in [-0.15, -0.1) is 65.7 Å². The van der Waals surface area contributed by atoms with Crippen molar-refractivity contribution in [2.45, 2.75) is 20.7 Å². The molecule has 3 aromatic carbocycles. The fourth-order valence-corrected chi connectivity index (χ4v) is 3.27. The number of hydrogen-bond acceptors (Lipinski definition) is 2. The van der Waals surface area contributed by atoms with Gasteiger partial charge in [0.15, 0.2) is 0 Å². The zero-order chi connectivity index (χ0) is 25.5. The minimum absolute atomic E-state index is 0. The van der Waals surface area contributed by atoms with E-state index < -0.39 is 6.85 Å². The van der Waals surface area contributed by atoms with Crippen LogP contribution in [-0.4, -0.2) is 9.97 Å². The monoisotopic (exact) mass is 622 g/mol. The molecule has 0 saturated carbocycles. The van der Waals surface area contributed by atoms with Gasteiger partial charge in [-0.05, 0) is 43.2 Å². The Balaban J connectivity index is 0.000000205. The van der Waals surface area contributed by atoms with Gasteiger partial charge >= 0.3 is 0 Å². The first kappa shape index (κ1) is 21.2. The molecule has 0 atom stereocenters. The topological polar surface area (TPSA) is 25.8 Å². The minimum atomic E-state index is -2.09. The van der Waals surface area contributed by atoms with Crippen molar-refractivity contribution in [2.75, 3.05) is 0 Å². The number of nitrogens with zero attached hydrogens (tertiary/aromatic N) is 2. The molecule has 2 nitrogen and oxygen atoms in total. The number of benzene rings is 3. The van der Waals surface area contributed by atoms with E-state index in [4.69, 9.17) is 4.11 Å². The second kappa shape index (κ2) is 12.2. The van der Waals surface area contributed by atoms with Crippen molar-refractivity contribution >= 4 is 0 Å². The van der Waals surface area contributed by atoms with Crippen molar-refractivity contribution in [3.05, 3.63) is 132 Å². The molecule has 0 bridgehead atoms. The van der Waals surface area contributed by atoms with Crippen LogP contribution in [0.3, 0.4) is 0 Å². The SMILES string of the molecule is Cc1cnc(-c2[c-]cc(-c3ccccc3)cc2)cc1C.[2H]C([2H])([2H])c1ccc(-c2[c-]cccc2)nc1.[Ir]. The molecule has 0 spiro atoms. The van der Waals surface area contributed by atoms with Crippen LogP contribution < -0.4 is 0 Å². The quantitative estimate of drug-likeness (QED) is 0.193. The molecule has 2 heterocycles. The molecule has 2 aromatic heterocycles. The van der Waals surface area contributed by atoms with E-state index in [-0.39, 0.29) is 25.7 Å². The molecule has 1 radical (unpaired) electrons. The molecular formula is C31H26IrN2-2. The summed E-state index contributed by atoms with van der Waals surface area (Å²) in [7, 11) is 0. The molecule has 34 heavy (non-hydrogen) atoms. The van der Waals surface area contributed by atoms with Gasteiger partial charge in [-0.3, -0.25) is 0 Å². The smallest absolute Gasteiger partial charge is 0.0280 e. The maximum Gasteiger partial charge on any atom is 0.0280 e. The third kappa shape index (κ3) is 6.57. The molecule has 0 fully saturated rings. The third-order valence-corrected chi connectivity index (χ3v) is 5.32. The molecule has 0 unspecified atom stereocenters. The van der Waals surface area contributed by atoms with Crippen molar-refractivity contribution < 1.29 is 24.2 Å². The van der Waals surface area contributed by atoms with E-state index in [1.165, 1.54) is 28.5 Å². The average Bonchev–Trinajstić information content (AvgIpc) is 2.91. The van der Waals surface area contributed by atoms with E-state index >= 15 is 0 Å². The summed E-state index contributed by atoms with van der Waals surface area (Å²) in [5.41, 5.74) is 8.73. The predicted molar refractivity (Wildman–Crippen MR) is 137 cm³/mol. The van der Waals surface area contributed by atoms with Crippen LogP contribution in [0, 0.1) is 32.8 Å². The van der Waals surface area contributed by atoms with Crippen LogP contribution in [0.2, 0.25) is 0 Å². The summed E-state index contributed by atoms with van der Waals surface area (Å²) in [6.07, 6.45) is 3.31. The molecular weight excluding hydrogens is 593 g/mol. The fraction of sp³-hybridized carbons (Fsp3) is 0.0968. The maximum atomic E-state index is 7.23. The van der Waals surface area contributed by atoms with Gasteiger partial charge in [0.05, 0.1) is 0 Å². The largest absolute Gasteiger partial charge is 0.304 e. The second-order valence-electron chi connectivity index (χ2n) is 7.72. The van der Waals surface area contributed by atoms with Gasteiger partial charge in [-0.25, -0.2) is 0 Å². The first-order valence-corrected chi connectivity index (χ1v) is 10.8. The summed E-state index contributed by atoms with van der Waals surface area (Å²) in [6.45, 7) is 2.10. The van der Waals surface area contributed by atoms with E-state index in [9.17, 15) is 0 Å². The summed E-state index contributed by atoms with van der Waals surface area (Å²) >= 11 is 0. The van der Waals surface area contributed by atoms with Crippen molar-refractivity contribution in [1.82, 2.24) is 9.97 Å². The fourth-order valence-electron chi connectivity index (χ4n) is 3.27. The predicted octanol–water partition coefficient (Wildman–Crippen LogP) is 7.69. The van der Waals surface area contributed by atoms with Crippen molar-refractivity contribution in [1.29, 1.82) is 0 Å². The Morgan fingerprint density at radius 2 is 1.44 bits per heavy atom. The molecule has 0 aliphatic carbocycles. The van der Waals surface area contributed by atoms with Gasteiger partial charge in [-0.2, -0.15) is 0 Å². The van der Waals surface area contributed by atoms with Gasteiger partial charge in [0.25, 0.3) is 0 Å². The number of pyridine rings is 2. The number of rotatable bonds is 3. The van der Waals surface area contributed by atoms with E-state index in [1.807, 2.05) is 48.7 Å². The van der Waals surface area contributed by atoms with Crippen LogP contribution in [0.1, 0.15) is 20.8 Å². The Hall–Kier alpha value is -3.39. The Kier molecular flexibility index (Phi) is 7.58. The summed E-state index contributed by atoms with van der Waals surface area (Å²) in [5, 5.41) is 0. The van der Waals surface area contributed by atoms with E-state index in [0.717, 1.165) is 22.5 Å². The van der Waals surface area contributed by atoms with Gasteiger partial charge in [0, 0.05) is 36.6 Å². The van der Waals surface area contributed by atoms with Crippen LogP contribution in [0.25, 0.3) is 33.6 Å². The third-order valence-electron chi connectivity index (χ3n) is 5.32.